The molecule has 0 unspecified atom stereocenters. The first-order chi connectivity index (χ1) is 6.36. The highest BCUT2D eigenvalue weighted by Gasteiger charge is 1.91. The van der Waals surface area contributed by atoms with Crippen LogP contribution in [0.5, 0.6) is 5.75 Å². The molecule has 13 heavy (non-hydrogen) atoms. The van der Waals surface area contributed by atoms with Crippen LogP contribution in [0.4, 0.5) is 0 Å². The first kappa shape index (κ1) is 9.81. The van der Waals surface area contributed by atoms with E-state index in [9.17, 15) is 0 Å². The van der Waals surface area contributed by atoms with Crippen LogP contribution < -0.4 is 10.5 Å². The highest BCUT2D eigenvalue weighted by Crippen LogP contribution is 2.13. The fourth-order valence-electron chi connectivity index (χ4n) is 1.08. The Morgan fingerprint density at radius 3 is 3.00 bits per heavy atom. The van der Waals surface area contributed by atoms with Gasteiger partial charge in [0, 0.05) is 6.54 Å². The molecule has 0 saturated carbocycles. The van der Waals surface area contributed by atoms with Gasteiger partial charge in [0.15, 0.2) is 0 Å². The van der Waals surface area contributed by atoms with Crippen molar-refractivity contribution in [2.75, 3.05) is 13.2 Å². The van der Waals surface area contributed by atoms with E-state index in [1.807, 2.05) is 43.3 Å². The summed E-state index contributed by atoms with van der Waals surface area (Å²) in [7, 11) is 0. The molecule has 2 heteroatoms. The van der Waals surface area contributed by atoms with E-state index in [1.165, 1.54) is 0 Å². The molecule has 0 spiro atoms. The number of hydrogen-bond donors (Lipinski definition) is 1. The lowest BCUT2D eigenvalue weighted by molar-refractivity contribution is 0.340. The zero-order chi connectivity index (χ0) is 9.52. The van der Waals surface area contributed by atoms with Gasteiger partial charge in [-0.3, -0.25) is 0 Å². The molecule has 1 aromatic carbocycles. The summed E-state index contributed by atoms with van der Waals surface area (Å²) in [6.45, 7) is 3.24. The van der Waals surface area contributed by atoms with Crippen molar-refractivity contribution < 1.29 is 4.74 Å². The highest BCUT2D eigenvalue weighted by molar-refractivity contribution is 5.51. The first-order valence-corrected chi connectivity index (χ1v) is 4.46. The van der Waals surface area contributed by atoms with Crippen molar-refractivity contribution in [3.05, 3.63) is 35.9 Å². The minimum atomic E-state index is 0.568. The second-order valence-corrected chi connectivity index (χ2v) is 2.64. The molecule has 0 aliphatic carbocycles. The molecule has 0 atom stereocenters. The molecule has 70 valence electrons. The van der Waals surface area contributed by atoms with Crippen molar-refractivity contribution in [2.24, 2.45) is 5.73 Å². The third-order valence-corrected chi connectivity index (χ3v) is 1.62. The molecule has 0 aliphatic rings. The lowest BCUT2D eigenvalue weighted by Crippen LogP contribution is -1.93. The van der Waals surface area contributed by atoms with Gasteiger partial charge in [-0.25, -0.2) is 0 Å². The van der Waals surface area contributed by atoms with Gasteiger partial charge in [0.05, 0.1) is 6.61 Å². The van der Waals surface area contributed by atoms with Gasteiger partial charge in [-0.2, -0.15) is 0 Å². The maximum absolute atomic E-state index is 5.36. The van der Waals surface area contributed by atoms with Crippen LogP contribution in [0.15, 0.2) is 30.3 Å². The van der Waals surface area contributed by atoms with E-state index in [1.54, 1.807) is 0 Å². The Morgan fingerprint density at radius 2 is 2.31 bits per heavy atom. The third kappa shape index (κ3) is 3.30. The number of nitrogens with two attached hydrogens (primary N) is 1. The van der Waals surface area contributed by atoms with Gasteiger partial charge in [-0.05, 0) is 24.6 Å². The Kier molecular flexibility index (Phi) is 4.06. The van der Waals surface area contributed by atoms with E-state index in [0.29, 0.717) is 13.2 Å². The molecule has 0 saturated heterocycles. The van der Waals surface area contributed by atoms with Crippen LogP contribution in [0, 0.1) is 0 Å². The monoisotopic (exact) mass is 177 g/mol. The van der Waals surface area contributed by atoms with Crippen LogP contribution in [-0.2, 0) is 0 Å². The SMILES string of the molecule is CCOc1cccc(/C=C/CN)c1. The molecule has 1 rings (SSSR count). The van der Waals surface area contributed by atoms with E-state index < -0.39 is 0 Å². The normalized spacial score (nSPS) is 10.6. The van der Waals surface area contributed by atoms with Crippen LogP contribution in [-0.4, -0.2) is 13.2 Å². The molecule has 0 radical (unpaired) electrons. The van der Waals surface area contributed by atoms with Crippen molar-refractivity contribution in [1.82, 2.24) is 0 Å². The van der Waals surface area contributed by atoms with Crippen molar-refractivity contribution in [3.63, 3.8) is 0 Å². The van der Waals surface area contributed by atoms with Crippen LogP contribution in [0.2, 0.25) is 0 Å². The van der Waals surface area contributed by atoms with Crippen LogP contribution >= 0.6 is 0 Å². The van der Waals surface area contributed by atoms with Gasteiger partial charge in [0.1, 0.15) is 5.75 Å². The van der Waals surface area contributed by atoms with Gasteiger partial charge >= 0.3 is 0 Å². The number of ether oxygens (including phenoxy) is 1. The molecule has 0 bridgehead atoms. The molecule has 0 aliphatic heterocycles. The van der Waals surface area contributed by atoms with Crippen molar-refractivity contribution in [1.29, 1.82) is 0 Å². The van der Waals surface area contributed by atoms with Gasteiger partial charge in [0.25, 0.3) is 0 Å². The maximum Gasteiger partial charge on any atom is 0.119 e. The van der Waals surface area contributed by atoms with Crippen molar-refractivity contribution in [2.45, 2.75) is 6.92 Å². The topological polar surface area (TPSA) is 35.2 Å². The summed E-state index contributed by atoms with van der Waals surface area (Å²) in [5.74, 6) is 0.904. The zero-order valence-corrected chi connectivity index (χ0v) is 7.86. The molecular formula is C11H15NO. The molecule has 0 fully saturated rings. The Hall–Kier alpha value is -1.28. The Bertz CT molecular complexity index is 281. The lowest BCUT2D eigenvalue weighted by Gasteiger charge is -2.02. The largest absolute Gasteiger partial charge is 0.494 e. The Morgan fingerprint density at radius 1 is 1.46 bits per heavy atom. The summed E-state index contributed by atoms with van der Waals surface area (Å²) in [5.41, 5.74) is 6.48. The summed E-state index contributed by atoms with van der Waals surface area (Å²) in [6, 6.07) is 7.94. The first-order valence-electron chi connectivity index (χ1n) is 4.46. The second-order valence-electron chi connectivity index (χ2n) is 2.64. The molecule has 2 N–H and O–H groups in total. The average Bonchev–Trinajstić information content (AvgIpc) is 2.16. The fourth-order valence-corrected chi connectivity index (χ4v) is 1.08. The van der Waals surface area contributed by atoms with E-state index in [2.05, 4.69) is 0 Å². The summed E-state index contributed by atoms with van der Waals surface area (Å²) >= 11 is 0. The molecule has 1 aromatic rings. The summed E-state index contributed by atoms with van der Waals surface area (Å²) in [6.07, 6.45) is 3.91. The third-order valence-electron chi connectivity index (χ3n) is 1.62. The standard InChI is InChI=1S/C11H15NO/c1-2-13-11-7-3-5-10(9-11)6-4-8-12/h3-7,9H,2,8,12H2,1H3/b6-4+. The summed E-state index contributed by atoms with van der Waals surface area (Å²) in [4.78, 5) is 0. The predicted molar refractivity (Wildman–Crippen MR) is 55.7 cm³/mol. The van der Waals surface area contributed by atoms with E-state index >= 15 is 0 Å². The van der Waals surface area contributed by atoms with E-state index in [0.717, 1.165) is 11.3 Å². The lowest BCUT2D eigenvalue weighted by atomic mass is 10.2. The fraction of sp³-hybridized carbons (Fsp3) is 0.273. The number of benzene rings is 1. The zero-order valence-electron chi connectivity index (χ0n) is 7.86. The average molecular weight is 177 g/mol. The summed E-state index contributed by atoms with van der Waals surface area (Å²) < 4.78 is 5.36. The van der Waals surface area contributed by atoms with E-state index in [-0.39, 0.29) is 0 Å². The smallest absolute Gasteiger partial charge is 0.119 e. The van der Waals surface area contributed by atoms with Crippen molar-refractivity contribution in [3.8, 4) is 5.75 Å². The van der Waals surface area contributed by atoms with Gasteiger partial charge in [-0.1, -0.05) is 24.3 Å². The molecular weight excluding hydrogens is 162 g/mol. The number of rotatable bonds is 4. The highest BCUT2D eigenvalue weighted by atomic mass is 16.5. The summed E-state index contributed by atoms with van der Waals surface area (Å²) in [5, 5.41) is 0. The van der Waals surface area contributed by atoms with Gasteiger partial charge in [0.2, 0.25) is 0 Å². The van der Waals surface area contributed by atoms with Crippen LogP contribution in [0.1, 0.15) is 12.5 Å². The molecule has 2 nitrogen and oxygen atoms in total. The molecule has 0 amide bonds. The Labute approximate surface area is 79.0 Å². The van der Waals surface area contributed by atoms with Gasteiger partial charge in [-0.15, -0.1) is 0 Å². The minimum absolute atomic E-state index is 0.568. The quantitative estimate of drug-likeness (QED) is 0.764. The molecule has 0 heterocycles. The van der Waals surface area contributed by atoms with Crippen molar-refractivity contribution >= 4 is 6.08 Å². The Balaban J connectivity index is 2.73. The van der Waals surface area contributed by atoms with E-state index in [4.69, 9.17) is 10.5 Å². The minimum Gasteiger partial charge on any atom is -0.494 e. The van der Waals surface area contributed by atoms with Crippen LogP contribution in [0.25, 0.3) is 6.08 Å². The number of hydrogen-bond acceptors (Lipinski definition) is 2. The van der Waals surface area contributed by atoms with Gasteiger partial charge < -0.3 is 10.5 Å². The predicted octanol–water partition coefficient (Wildman–Crippen LogP) is 2.06. The maximum atomic E-state index is 5.36. The molecule has 0 aromatic heterocycles. The van der Waals surface area contributed by atoms with Crippen LogP contribution in [0.3, 0.4) is 0 Å². The second kappa shape index (κ2) is 5.38.